The molecule has 1 heterocycles. The topological polar surface area (TPSA) is 44.4 Å². The van der Waals surface area contributed by atoms with Crippen LogP contribution in [0.25, 0.3) is 0 Å². The molecule has 1 unspecified atom stereocenters. The van der Waals surface area contributed by atoms with Crippen LogP contribution in [0.4, 0.5) is 11.4 Å². The fraction of sp³-hybridized carbons (Fsp3) is 0.588. The van der Waals surface area contributed by atoms with Crippen LogP contribution in [0.2, 0.25) is 0 Å². The lowest BCUT2D eigenvalue weighted by Crippen LogP contribution is -2.47. The van der Waals surface area contributed by atoms with Crippen molar-refractivity contribution >= 4 is 17.3 Å². The lowest BCUT2D eigenvalue weighted by atomic mass is 9.77. The summed E-state index contributed by atoms with van der Waals surface area (Å²) in [7, 11) is 4.04. The van der Waals surface area contributed by atoms with Crippen LogP contribution in [-0.2, 0) is 4.79 Å². The summed E-state index contributed by atoms with van der Waals surface area (Å²) < 4.78 is 0. The minimum Gasteiger partial charge on any atom is -0.378 e. The third-order valence-electron chi connectivity index (χ3n) is 4.61. The smallest absolute Gasteiger partial charge is 0.231 e. The molecule has 4 nitrogen and oxygen atoms in total. The first-order valence-electron chi connectivity index (χ1n) is 7.79. The summed E-state index contributed by atoms with van der Waals surface area (Å²) in [5.74, 6) is 0.151. The summed E-state index contributed by atoms with van der Waals surface area (Å²) in [4.78, 5) is 14.8. The Kier molecular flexibility index (Phi) is 4.88. The summed E-state index contributed by atoms with van der Waals surface area (Å²) in [6.45, 7) is 5.95. The van der Waals surface area contributed by atoms with E-state index in [0.717, 1.165) is 49.3 Å². The van der Waals surface area contributed by atoms with E-state index in [-0.39, 0.29) is 11.3 Å². The second kappa shape index (κ2) is 6.48. The van der Waals surface area contributed by atoms with Crippen LogP contribution in [0.5, 0.6) is 0 Å². The number of carbonyl (C=O) groups is 1. The van der Waals surface area contributed by atoms with Crippen LogP contribution in [0, 0.1) is 12.3 Å². The van der Waals surface area contributed by atoms with Crippen LogP contribution in [0.1, 0.15) is 31.7 Å². The Balaban J connectivity index is 2.15. The summed E-state index contributed by atoms with van der Waals surface area (Å²) >= 11 is 0. The minimum absolute atomic E-state index is 0.151. The molecule has 0 aromatic heterocycles. The average molecular weight is 289 g/mol. The highest BCUT2D eigenvalue weighted by Crippen LogP contribution is 2.32. The largest absolute Gasteiger partial charge is 0.378 e. The first-order valence-corrected chi connectivity index (χ1v) is 7.79. The third-order valence-corrected chi connectivity index (χ3v) is 4.61. The third kappa shape index (κ3) is 3.38. The number of hydrogen-bond donors (Lipinski definition) is 2. The van der Waals surface area contributed by atoms with E-state index < -0.39 is 0 Å². The zero-order valence-electron chi connectivity index (χ0n) is 13.6. The number of carbonyl (C=O) groups excluding carboxylic acids is 1. The Labute approximate surface area is 127 Å². The van der Waals surface area contributed by atoms with Crippen LogP contribution in [0.3, 0.4) is 0 Å². The van der Waals surface area contributed by atoms with Gasteiger partial charge < -0.3 is 15.5 Å². The maximum absolute atomic E-state index is 12.7. The zero-order valence-corrected chi connectivity index (χ0v) is 13.6. The summed E-state index contributed by atoms with van der Waals surface area (Å²) in [6, 6.07) is 6.15. The van der Waals surface area contributed by atoms with Gasteiger partial charge in [-0.1, -0.05) is 6.92 Å². The van der Waals surface area contributed by atoms with Crippen molar-refractivity contribution in [1.82, 2.24) is 5.32 Å². The molecular formula is C17H27N3O. The highest BCUT2D eigenvalue weighted by molar-refractivity contribution is 5.96. The van der Waals surface area contributed by atoms with E-state index >= 15 is 0 Å². The molecule has 21 heavy (non-hydrogen) atoms. The van der Waals surface area contributed by atoms with Gasteiger partial charge >= 0.3 is 0 Å². The molecule has 2 N–H and O–H groups in total. The molecule has 1 aromatic rings. The zero-order chi connectivity index (χ0) is 15.5. The SMILES string of the molecule is CCC1(C(=O)Nc2ccc(N(C)C)cc2C)CCCNC1. The monoisotopic (exact) mass is 289 g/mol. The molecule has 116 valence electrons. The standard InChI is InChI=1S/C17H27N3O/c1-5-17(9-6-10-18-12-17)16(21)19-15-8-7-14(20(3)4)11-13(15)2/h7-8,11,18H,5-6,9-10,12H2,1-4H3,(H,19,21). The van der Waals surface area contributed by atoms with Crippen molar-refractivity contribution in [3.8, 4) is 0 Å². The highest BCUT2D eigenvalue weighted by atomic mass is 16.2. The molecule has 4 heteroatoms. The molecule has 1 atom stereocenters. The molecule has 2 rings (SSSR count). The van der Waals surface area contributed by atoms with Crippen LogP contribution < -0.4 is 15.5 Å². The Morgan fingerprint density at radius 2 is 2.19 bits per heavy atom. The fourth-order valence-corrected chi connectivity index (χ4v) is 2.95. The van der Waals surface area contributed by atoms with Crippen molar-refractivity contribution in [2.75, 3.05) is 37.4 Å². The molecule has 0 aliphatic carbocycles. The molecule has 0 bridgehead atoms. The number of nitrogens with one attached hydrogen (secondary N) is 2. The van der Waals surface area contributed by atoms with Crippen molar-refractivity contribution in [1.29, 1.82) is 0 Å². The number of piperidine rings is 1. The van der Waals surface area contributed by atoms with E-state index in [2.05, 4.69) is 28.5 Å². The van der Waals surface area contributed by atoms with Gasteiger partial charge in [-0.3, -0.25) is 4.79 Å². The molecule has 1 aromatic carbocycles. The average Bonchev–Trinajstić information content (AvgIpc) is 2.49. The quantitative estimate of drug-likeness (QED) is 0.896. The molecular weight excluding hydrogens is 262 g/mol. The van der Waals surface area contributed by atoms with Crippen molar-refractivity contribution in [3.63, 3.8) is 0 Å². The van der Waals surface area contributed by atoms with Gasteiger partial charge in [0.15, 0.2) is 0 Å². The predicted octanol–water partition coefficient (Wildman–Crippen LogP) is 2.78. The summed E-state index contributed by atoms with van der Waals surface area (Å²) in [6.07, 6.45) is 2.91. The van der Waals surface area contributed by atoms with Crippen LogP contribution in [0.15, 0.2) is 18.2 Å². The minimum atomic E-state index is -0.259. The Morgan fingerprint density at radius 1 is 1.43 bits per heavy atom. The van der Waals surface area contributed by atoms with Crippen LogP contribution in [-0.4, -0.2) is 33.1 Å². The second-order valence-electron chi connectivity index (χ2n) is 6.26. The van der Waals surface area contributed by atoms with E-state index in [9.17, 15) is 4.79 Å². The molecule has 1 amide bonds. The number of rotatable bonds is 4. The van der Waals surface area contributed by atoms with E-state index in [1.54, 1.807) is 0 Å². The Morgan fingerprint density at radius 3 is 2.71 bits per heavy atom. The van der Waals surface area contributed by atoms with E-state index in [1.165, 1.54) is 0 Å². The molecule has 1 aliphatic heterocycles. The van der Waals surface area contributed by atoms with Gasteiger partial charge in [-0.05, 0) is 56.5 Å². The van der Waals surface area contributed by atoms with Gasteiger partial charge in [0, 0.05) is 32.0 Å². The normalized spacial score (nSPS) is 21.9. The van der Waals surface area contributed by atoms with E-state index in [0.29, 0.717) is 0 Å². The molecule has 1 aliphatic rings. The molecule has 1 saturated heterocycles. The number of anilines is 2. The first kappa shape index (κ1) is 15.8. The van der Waals surface area contributed by atoms with Gasteiger partial charge in [0.2, 0.25) is 5.91 Å². The van der Waals surface area contributed by atoms with Gasteiger partial charge in [-0.2, -0.15) is 0 Å². The van der Waals surface area contributed by atoms with Gasteiger partial charge in [-0.15, -0.1) is 0 Å². The molecule has 0 saturated carbocycles. The van der Waals surface area contributed by atoms with E-state index in [1.807, 2.05) is 33.2 Å². The highest BCUT2D eigenvalue weighted by Gasteiger charge is 2.37. The number of hydrogen-bond acceptors (Lipinski definition) is 3. The number of benzene rings is 1. The number of amides is 1. The van der Waals surface area contributed by atoms with Crippen molar-refractivity contribution in [3.05, 3.63) is 23.8 Å². The maximum Gasteiger partial charge on any atom is 0.231 e. The fourth-order valence-electron chi connectivity index (χ4n) is 2.95. The lowest BCUT2D eigenvalue weighted by molar-refractivity contribution is -0.126. The predicted molar refractivity (Wildman–Crippen MR) is 89.0 cm³/mol. The molecule has 0 spiro atoms. The van der Waals surface area contributed by atoms with E-state index in [4.69, 9.17) is 0 Å². The van der Waals surface area contributed by atoms with Crippen LogP contribution >= 0.6 is 0 Å². The summed E-state index contributed by atoms with van der Waals surface area (Å²) in [5, 5.41) is 6.50. The van der Waals surface area contributed by atoms with Gasteiger partial charge in [-0.25, -0.2) is 0 Å². The van der Waals surface area contributed by atoms with Crippen molar-refractivity contribution in [2.45, 2.75) is 33.1 Å². The van der Waals surface area contributed by atoms with Crippen molar-refractivity contribution < 1.29 is 4.79 Å². The Hall–Kier alpha value is -1.55. The number of nitrogens with zero attached hydrogens (tertiary/aromatic N) is 1. The van der Waals surface area contributed by atoms with Gasteiger partial charge in [0.25, 0.3) is 0 Å². The Bertz CT molecular complexity index is 505. The molecule has 0 radical (unpaired) electrons. The lowest BCUT2D eigenvalue weighted by Gasteiger charge is -2.35. The second-order valence-corrected chi connectivity index (χ2v) is 6.26. The van der Waals surface area contributed by atoms with Gasteiger partial charge in [0.1, 0.15) is 0 Å². The van der Waals surface area contributed by atoms with Crippen molar-refractivity contribution in [2.24, 2.45) is 5.41 Å². The molecule has 1 fully saturated rings. The first-order chi connectivity index (χ1) is 9.98. The summed E-state index contributed by atoms with van der Waals surface area (Å²) in [5.41, 5.74) is 2.91. The van der Waals surface area contributed by atoms with Gasteiger partial charge in [0.05, 0.1) is 5.41 Å². The number of aryl methyl sites for hydroxylation is 1. The maximum atomic E-state index is 12.7.